The molecule has 7 heteroatoms. The quantitative estimate of drug-likeness (QED) is 0.879. The molecule has 1 heterocycles. The van der Waals surface area contributed by atoms with Crippen LogP contribution in [0.15, 0.2) is 42.5 Å². The van der Waals surface area contributed by atoms with Crippen LogP contribution in [0.25, 0.3) is 0 Å². The van der Waals surface area contributed by atoms with Gasteiger partial charge >= 0.3 is 0 Å². The molecule has 3 rings (SSSR count). The lowest BCUT2D eigenvalue weighted by molar-refractivity contribution is -0.120. The number of rotatable bonds is 4. The number of carbonyl (C=O) groups is 1. The highest BCUT2D eigenvalue weighted by molar-refractivity contribution is 5.94. The lowest BCUT2D eigenvalue weighted by Crippen LogP contribution is -2.52. The second-order valence-electron chi connectivity index (χ2n) is 6.33. The fourth-order valence-electron chi connectivity index (χ4n) is 3.03. The van der Waals surface area contributed by atoms with Gasteiger partial charge in [0.15, 0.2) is 0 Å². The van der Waals surface area contributed by atoms with Crippen LogP contribution in [-0.2, 0) is 4.79 Å². The Bertz CT molecular complexity index is 775. The van der Waals surface area contributed by atoms with Crippen LogP contribution in [-0.4, -0.2) is 48.1 Å². The molecule has 0 saturated carbocycles. The molecular formula is C19H21F2N3O2. The van der Waals surface area contributed by atoms with Crippen LogP contribution in [0.2, 0.25) is 0 Å². The monoisotopic (exact) mass is 361 g/mol. The molecule has 0 bridgehead atoms. The Hall–Kier alpha value is -2.67. The Morgan fingerprint density at radius 3 is 2.38 bits per heavy atom. The summed E-state index contributed by atoms with van der Waals surface area (Å²) in [6.07, 6.45) is 0. The summed E-state index contributed by atoms with van der Waals surface area (Å²) in [5, 5.41) is 11.8. The number of nitrogens with one attached hydrogen (secondary N) is 1. The van der Waals surface area contributed by atoms with E-state index in [0.29, 0.717) is 13.1 Å². The predicted molar refractivity (Wildman–Crippen MR) is 96.3 cm³/mol. The van der Waals surface area contributed by atoms with E-state index >= 15 is 0 Å². The van der Waals surface area contributed by atoms with Crippen LogP contribution < -0.4 is 10.2 Å². The van der Waals surface area contributed by atoms with Crippen molar-refractivity contribution in [1.29, 1.82) is 0 Å². The molecule has 0 radical (unpaired) electrons. The molecule has 26 heavy (non-hydrogen) atoms. The van der Waals surface area contributed by atoms with E-state index in [1.165, 1.54) is 0 Å². The Kier molecular flexibility index (Phi) is 5.37. The maximum atomic E-state index is 13.7. The van der Waals surface area contributed by atoms with Gasteiger partial charge in [-0.25, -0.2) is 8.78 Å². The van der Waals surface area contributed by atoms with Gasteiger partial charge in [-0.1, -0.05) is 0 Å². The van der Waals surface area contributed by atoms with Crippen molar-refractivity contribution >= 4 is 17.3 Å². The fraction of sp³-hybridized carbons (Fsp3) is 0.316. The summed E-state index contributed by atoms with van der Waals surface area (Å²) in [4.78, 5) is 16.6. The lowest BCUT2D eigenvalue weighted by atomic mass is 10.2. The normalized spacial score (nSPS) is 16.3. The number of phenolic OH excluding ortho intramolecular Hbond substituents is 1. The Morgan fingerprint density at radius 2 is 1.73 bits per heavy atom. The molecule has 2 aromatic rings. The number of piperazine rings is 1. The van der Waals surface area contributed by atoms with Crippen LogP contribution in [0.1, 0.15) is 6.92 Å². The van der Waals surface area contributed by atoms with Gasteiger partial charge in [0.05, 0.1) is 11.7 Å². The van der Waals surface area contributed by atoms with Crippen molar-refractivity contribution in [3.05, 3.63) is 54.1 Å². The van der Waals surface area contributed by atoms with Crippen molar-refractivity contribution < 1.29 is 18.7 Å². The minimum absolute atomic E-state index is 0.149. The summed E-state index contributed by atoms with van der Waals surface area (Å²) >= 11 is 0. The minimum Gasteiger partial charge on any atom is -0.508 e. The van der Waals surface area contributed by atoms with Crippen molar-refractivity contribution in [3.63, 3.8) is 0 Å². The van der Waals surface area contributed by atoms with Crippen molar-refractivity contribution in [1.82, 2.24) is 4.90 Å². The first-order valence-electron chi connectivity index (χ1n) is 8.48. The third-order valence-electron chi connectivity index (χ3n) is 4.64. The fourth-order valence-corrected chi connectivity index (χ4v) is 3.03. The highest BCUT2D eigenvalue weighted by Crippen LogP contribution is 2.21. The molecule has 0 aromatic heterocycles. The molecule has 138 valence electrons. The first-order valence-corrected chi connectivity index (χ1v) is 8.48. The molecule has 2 aromatic carbocycles. The number of nitrogens with zero attached hydrogens (tertiary/aromatic N) is 2. The summed E-state index contributed by atoms with van der Waals surface area (Å²) in [6.45, 7) is 4.55. The Labute approximate surface area is 150 Å². The summed E-state index contributed by atoms with van der Waals surface area (Å²) in [7, 11) is 0. The van der Waals surface area contributed by atoms with Gasteiger partial charge in [0.2, 0.25) is 5.91 Å². The van der Waals surface area contributed by atoms with Gasteiger partial charge in [0.1, 0.15) is 17.4 Å². The summed E-state index contributed by atoms with van der Waals surface area (Å²) < 4.78 is 26.9. The number of aromatic hydroxyl groups is 1. The molecule has 1 saturated heterocycles. The van der Waals surface area contributed by atoms with Crippen molar-refractivity contribution in [3.8, 4) is 5.75 Å². The van der Waals surface area contributed by atoms with Crippen LogP contribution in [0.3, 0.4) is 0 Å². The van der Waals surface area contributed by atoms with Crippen LogP contribution >= 0.6 is 0 Å². The molecule has 5 nitrogen and oxygen atoms in total. The van der Waals surface area contributed by atoms with E-state index in [1.54, 1.807) is 19.1 Å². The third kappa shape index (κ3) is 4.11. The number of anilines is 2. The number of benzene rings is 2. The van der Waals surface area contributed by atoms with E-state index in [-0.39, 0.29) is 17.3 Å². The predicted octanol–water partition coefficient (Wildman–Crippen LogP) is 2.82. The summed E-state index contributed by atoms with van der Waals surface area (Å²) in [6, 6.07) is 9.52. The average Bonchev–Trinajstić information content (AvgIpc) is 2.65. The number of halogens is 2. The number of hydrogen-bond donors (Lipinski definition) is 2. The van der Waals surface area contributed by atoms with Crippen LogP contribution in [0.5, 0.6) is 5.75 Å². The average molecular weight is 361 g/mol. The largest absolute Gasteiger partial charge is 0.508 e. The molecule has 1 fully saturated rings. The maximum absolute atomic E-state index is 13.7. The highest BCUT2D eigenvalue weighted by Gasteiger charge is 2.26. The molecular weight excluding hydrogens is 340 g/mol. The number of carbonyl (C=O) groups excluding carboxylic acids is 1. The van der Waals surface area contributed by atoms with E-state index in [2.05, 4.69) is 10.2 Å². The molecule has 2 N–H and O–H groups in total. The molecule has 0 aliphatic carbocycles. The minimum atomic E-state index is -0.663. The Balaban J connectivity index is 1.57. The zero-order chi connectivity index (χ0) is 18.7. The second kappa shape index (κ2) is 7.70. The first kappa shape index (κ1) is 18.1. The zero-order valence-electron chi connectivity index (χ0n) is 14.5. The molecule has 1 aliphatic rings. The van der Waals surface area contributed by atoms with E-state index in [0.717, 1.165) is 37.0 Å². The SMILES string of the molecule is C[C@@H](C(=O)Nc1cc(F)ccc1F)N1CCN(c2ccc(O)cc2)CC1. The molecule has 1 aliphatic heterocycles. The Morgan fingerprint density at radius 1 is 1.08 bits per heavy atom. The van der Waals surface area contributed by atoms with Gasteiger partial charge in [0, 0.05) is 37.9 Å². The van der Waals surface area contributed by atoms with E-state index in [9.17, 15) is 18.7 Å². The standard InChI is InChI=1S/C19H21F2N3O2/c1-13(19(26)22-18-12-14(20)2-7-17(18)21)23-8-10-24(11-9-23)15-3-5-16(25)6-4-15/h2-7,12-13,25H,8-11H2,1H3,(H,22,26)/t13-/m0/s1. The van der Waals surface area contributed by atoms with Crippen molar-refractivity contribution in [2.24, 2.45) is 0 Å². The van der Waals surface area contributed by atoms with E-state index in [4.69, 9.17) is 0 Å². The molecule has 1 atom stereocenters. The number of hydrogen-bond acceptors (Lipinski definition) is 4. The van der Waals surface area contributed by atoms with Gasteiger partial charge in [0.25, 0.3) is 0 Å². The van der Waals surface area contributed by atoms with Crippen molar-refractivity contribution in [2.45, 2.75) is 13.0 Å². The molecule has 1 amide bonds. The maximum Gasteiger partial charge on any atom is 0.241 e. The van der Waals surface area contributed by atoms with E-state index < -0.39 is 17.7 Å². The first-order chi connectivity index (χ1) is 12.4. The second-order valence-corrected chi connectivity index (χ2v) is 6.33. The summed E-state index contributed by atoms with van der Waals surface area (Å²) in [5.74, 6) is -1.41. The topological polar surface area (TPSA) is 55.8 Å². The molecule has 0 spiro atoms. The third-order valence-corrected chi connectivity index (χ3v) is 4.64. The number of phenols is 1. The smallest absolute Gasteiger partial charge is 0.241 e. The van der Waals surface area contributed by atoms with Crippen molar-refractivity contribution in [2.75, 3.05) is 36.4 Å². The lowest BCUT2D eigenvalue weighted by Gasteiger charge is -2.38. The van der Waals surface area contributed by atoms with Crippen LogP contribution in [0.4, 0.5) is 20.2 Å². The number of amides is 1. The van der Waals surface area contributed by atoms with Gasteiger partial charge in [-0.15, -0.1) is 0 Å². The zero-order valence-corrected chi connectivity index (χ0v) is 14.5. The summed E-state index contributed by atoms with van der Waals surface area (Å²) in [5.41, 5.74) is 0.867. The van der Waals surface area contributed by atoms with Crippen LogP contribution in [0, 0.1) is 11.6 Å². The van der Waals surface area contributed by atoms with E-state index in [1.807, 2.05) is 17.0 Å². The van der Waals surface area contributed by atoms with Gasteiger partial charge < -0.3 is 15.3 Å². The van der Waals surface area contributed by atoms with Gasteiger partial charge in [-0.2, -0.15) is 0 Å². The molecule has 0 unspecified atom stereocenters. The van der Waals surface area contributed by atoms with Gasteiger partial charge in [-0.05, 0) is 43.3 Å². The van der Waals surface area contributed by atoms with Gasteiger partial charge in [-0.3, -0.25) is 9.69 Å². The highest BCUT2D eigenvalue weighted by atomic mass is 19.1.